The van der Waals surface area contributed by atoms with Crippen LogP contribution in [0.5, 0.6) is 11.5 Å². The van der Waals surface area contributed by atoms with Crippen LogP contribution in [0.15, 0.2) is 18.2 Å². The molecule has 1 aromatic carbocycles. The number of rotatable bonds is 4. The van der Waals surface area contributed by atoms with Gasteiger partial charge in [0.1, 0.15) is 0 Å². The average Bonchev–Trinajstić information content (AvgIpc) is 3.13. The second-order valence-corrected chi connectivity index (χ2v) is 6.43. The van der Waals surface area contributed by atoms with Crippen molar-refractivity contribution in [3.8, 4) is 11.5 Å². The van der Waals surface area contributed by atoms with Gasteiger partial charge in [0.15, 0.2) is 11.5 Å². The number of ether oxygens (including phenoxy) is 2. The van der Waals surface area contributed by atoms with Crippen molar-refractivity contribution in [1.82, 2.24) is 4.90 Å². The maximum absolute atomic E-state index is 12.5. The first-order valence-electron chi connectivity index (χ1n) is 8.01. The average molecular weight is 334 g/mol. The van der Waals surface area contributed by atoms with Crippen molar-refractivity contribution in [2.45, 2.75) is 19.3 Å². The van der Waals surface area contributed by atoms with E-state index in [4.69, 9.17) is 9.47 Å². The Labute approximate surface area is 140 Å². The number of nitrogens with one attached hydrogen (secondary N) is 1. The van der Waals surface area contributed by atoms with Crippen LogP contribution in [0.3, 0.4) is 0 Å². The summed E-state index contributed by atoms with van der Waals surface area (Å²) in [6.45, 7) is 0.761. The monoisotopic (exact) mass is 334 g/mol. The number of anilines is 1. The van der Waals surface area contributed by atoms with Gasteiger partial charge in [0.2, 0.25) is 0 Å². The molecule has 2 fully saturated rings. The van der Waals surface area contributed by atoms with Gasteiger partial charge in [-0.15, -0.1) is 0 Å². The van der Waals surface area contributed by atoms with E-state index in [1.54, 1.807) is 30.2 Å². The van der Waals surface area contributed by atoms with Gasteiger partial charge in [-0.3, -0.25) is 4.79 Å². The fraction of sp³-hybridized carbons (Fsp3) is 0.529. The molecule has 1 aliphatic carbocycles. The third kappa shape index (κ3) is 2.64. The topological polar surface area (TPSA) is 88.1 Å². The first-order valence-corrected chi connectivity index (χ1v) is 8.01. The van der Waals surface area contributed by atoms with Gasteiger partial charge in [0.05, 0.1) is 19.6 Å². The van der Waals surface area contributed by atoms with Crippen molar-refractivity contribution in [3.63, 3.8) is 0 Å². The molecular formula is C17H22N2O5. The molecule has 1 aromatic rings. The van der Waals surface area contributed by atoms with Crippen molar-refractivity contribution in [2.75, 3.05) is 32.6 Å². The predicted octanol–water partition coefficient (Wildman–Crippen LogP) is 2.42. The van der Waals surface area contributed by atoms with Gasteiger partial charge in [0, 0.05) is 24.8 Å². The highest BCUT2D eigenvalue weighted by atomic mass is 16.5. The maximum atomic E-state index is 12.5. The van der Waals surface area contributed by atoms with E-state index in [1.165, 1.54) is 7.11 Å². The van der Waals surface area contributed by atoms with Gasteiger partial charge >= 0.3 is 12.0 Å². The lowest BCUT2D eigenvalue weighted by Crippen LogP contribution is -2.38. The molecule has 0 unspecified atom stereocenters. The number of carboxylic acid groups (broad SMARTS) is 1. The zero-order chi connectivity index (χ0) is 17.3. The summed E-state index contributed by atoms with van der Waals surface area (Å²) in [7, 11) is 3.08. The Hall–Kier alpha value is -2.44. The van der Waals surface area contributed by atoms with E-state index in [9.17, 15) is 14.7 Å². The van der Waals surface area contributed by atoms with Gasteiger partial charge < -0.3 is 24.8 Å². The van der Waals surface area contributed by atoms with Crippen molar-refractivity contribution in [2.24, 2.45) is 11.3 Å². The number of hydrogen-bond donors (Lipinski definition) is 2. The lowest BCUT2D eigenvalue weighted by Gasteiger charge is -2.23. The molecule has 2 amide bonds. The Kier molecular flexibility index (Phi) is 4.26. The highest BCUT2D eigenvalue weighted by Crippen LogP contribution is 2.49. The van der Waals surface area contributed by atoms with Crippen molar-refractivity contribution in [3.05, 3.63) is 18.2 Å². The zero-order valence-electron chi connectivity index (χ0n) is 13.9. The number of hydrogen-bond acceptors (Lipinski definition) is 4. The third-order valence-corrected chi connectivity index (χ3v) is 5.22. The van der Waals surface area contributed by atoms with Crippen LogP contribution in [0.25, 0.3) is 0 Å². The minimum absolute atomic E-state index is 0.0474. The van der Waals surface area contributed by atoms with Crippen LogP contribution in [0.2, 0.25) is 0 Å². The highest BCUT2D eigenvalue weighted by Gasteiger charge is 2.55. The first kappa shape index (κ1) is 16.4. The van der Waals surface area contributed by atoms with E-state index >= 15 is 0 Å². The van der Waals surface area contributed by atoms with Crippen LogP contribution in [-0.4, -0.2) is 49.3 Å². The minimum atomic E-state index is -0.786. The molecule has 130 valence electrons. The fourth-order valence-electron chi connectivity index (χ4n) is 3.91. The molecule has 2 aliphatic rings. The number of carbonyl (C=O) groups is 2. The summed E-state index contributed by atoms with van der Waals surface area (Å²) in [6, 6.07) is 4.84. The van der Waals surface area contributed by atoms with Gasteiger partial charge in [-0.2, -0.15) is 0 Å². The Morgan fingerprint density at radius 1 is 1.29 bits per heavy atom. The summed E-state index contributed by atoms with van der Waals surface area (Å²) in [5.74, 6) is 0.365. The molecule has 7 nitrogen and oxygen atoms in total. The van der Waals surface area contributed by atoms with Crippen molar-refractivity contribution < 1.29 is 24.2 Å². The Balaban J connectivity index is 1.71. The maximum Gasteiger partial charge on any atom is 0.321 e. The van der Waals surface area contributed by atoms with Crippen LogP contribution in [0.4, 0.5) is 10.5 Å². The molecular weight excluding hydrogens is 312 g/mol. The lowest BCUT2D eigenvalue weighted by molar-refractivity contribution is -0.149. The predicted molar refractivity (Wildman–Crippen MR) is 87.5 cm³/mol. The molecule has 24 heavy (non-hydrogen) atoms. The first-order chi connectivity index (χ1) is 11.5. The fourth-order valence-corrected chi connectivity index (χ4v) is 3.91. The Bertz CT molecular complexity index is 662. The second kappa shape index (κ2) is 6.22. The number of aliphatic carboxylic acids is 1. The SMILES string of the molecule is COc1ccc(NC(=O)N2C[C@@H]3CCC[C@@]3(C(=O)O)C2)cc1OC. The van der Waals surface area contributed by atoms with Crippen LogP contribution in [0.1, 0.15) is 19.3 Å². The van der Waals surface area contributed by atoms with E-state index in [-0.39, 0.29) is 18.5 Å². The van der Waals surface area contributed by atoms with Crippen LogP contribution >= 0.6 is 0 Å². The summed E-state index contributed by atoms with van der Waals surface area (Å²) < 4.78 is 10.4. The van der Waals surface area contributed by atoms with Gasteiger partial charge in [-0.1, -0.05) is 6.42 Å². The molecule has 2 atom stereocenters. The van der Waals surface area contributed by atoms with Crippen LogP contribution < -0.4 is 14.8 Å². The van der Waals surface area contributed by atoms with Gasteiger partial charge in [-0.25, -0.2) is 4.79 Å². The number of urea groups is 1. The lowest BCUT2D eigenvalue weighted by atomic mass is 9.81. The molecule has 1 heterocycles. The van der Waals surface area contributed by atoms with E-state index in [0.717, 1.165) is 12.8 Å². The van der Waals surface area contributed by atoms with E-state index in [1.807, 2.05) is 0 Å². The highest BCUT2D eigenvalue weighted by molar-refractivity contribution is 5.91. The zero-order valence-corrected chi connectivity index (χ0v) is 13.9. The summed E-state index contributed by atoms with van der Waals surface area (Å²) in [5.41, 5.74) is -0.186. The third-order valence-electron chi connectivity index (χ3n) is 5.22. The van der Waals surface area contributed by atoms with Gasteiger partial charge in [-0.05, 0) is 30.9 Å². The Morgan fingerprint density at radius 3 is 2.67 bits per heavy atom. The van der Waals surface area contributed by atoms with E-state index in [0.29, 0.717) is 30.2 Å². The minimum Gasteiger partial charge on any atom is -0.493 e. The number of nitrogens with zero attached hydrogens (tertiary/aromatic N) is 1. The molecule has 0 aromatic heterocycles. The van der Waals surface area contributed by atoms with Crippen LogP contribution in [0, 0.1) is 11.3 Å². The normalized spacial score (nSPS) is 25.2. The molecule has 0 spiro atoms. The summed E-state index contributed by atoms with van der Waals surface area (Å²) >= 11 is 0. The molecule has 0 radical (unpaired) electrons. The number of benzene rings is 1. The smallest absolute Gasteiger partial charge is 0.321 e. The van der Waals surface area contributed by atoms with E-state index in [2.05, 4.69) is 5.32 Å². The van der Waals surface area contributed by atoms with Crippen LogP contribution in [-0.2, 0) is 4.79 Å². The Morgan fingerprint density at radius 2 is 2.04 bits per heavy atom. The van der Waals surface area contributed by atoms with Crippen molar-refractivity contribution >= 4 is 17.7 Å². The summed E-state index contributed by atoms with van der Waals surface area (Å²) in [5, 5.41) is 12.4. The van der Waals surface area contributed by atoms with Crippen molar-refractivity contribution in [1.29, 1.82) is 0 Å². The quantitative estimate of drug-likeness (QED) is 0.883. The number of carboxylic acids is 1. The molecule has 7 heteroatoms. The number of carbonyl (C=O) groups excluding carboxylic acids is 1. The molecule has 1 aliphatic heterocycles. The molecule has 2 N–H and O–H groups in total. The molecule has 1 saturated heterocycles. The number of fused-ring (bicyclic) bond motifs is 1. The molecule has 0 bridgehead atoms. The second-order valence-electron chi connectivity index (χ2n) is 6.43. The standard InChI is InChI=1S/C17H22N2O5/c1-23-13-6-5-12(8-14(13)24-2)18-16(22)19-9-11-4-3-7-17(11,10-19)15(20)21/h5-6,8,11H,3-4,7,9-10H2,1-2H3,(H,18,22)(H,20,21)/t11-,17+/m0/s1. The number of methoxy groups -OCH3 is 2. The summed E-state index contributed by atoms with van der Waals surface area (Å²) in [6.07, 6.45) is 2.43. The number of amides is 2. The molecule has 1 saturated carbocycles. The largest absolute Gasteiger partial charge is 0.493 e. The molecule has 3 rings (SSSR count). The van der Waals surface area contributed by atoms with Gasteiger partial charge in [0.25, 0.3) is 0 Å². The van der Waals surface area contributed by atoms with E-state index < -0.39 is 11.4 Å². The summed E-state index contributed by atoms with van der Waals surface area (Å²) in [4.78, 5) is 25.8. The number of likely N-dealkylation sites (tertiary alicyclic amines) is 1.